The predicted octanol–water partition coefficient (Wildman–Crippen LogP) is 1.61. The monoisotopic (exact) mass is 136 g/mol. The Labute approximate surface area is 59.2 Å². The molecule has 3 heteroatoms. The van der Waals surface area contributed by atoms with E-state index in [9.17, 15) is 0 Å². The van der Waals surface area contributed by atoms with Crippen LogP contribution >= 0.6 is 0 Å². The van der Waals surface area contributed by atoms with Crippen molar-refractivity contribution in [1.29, 1.82) is 5.26 Å². The topological polar surface area (TPSA) is 49.8 Å². The van der Waals surface area contributed by atoms with Gasteiger partial charge in [-0.3, -0.25) is 0 Å². The van der Waals surface area contributed by atoms with Crippen LogP contribution in [0.5, 0.6) is 0 Å². The average molecular weight is 136 g/mol. The molecule has 52 valence electrons. The lowest BCUT2D eigenvalue weighted by atomic mass is 10.1. The molecule has 0 bridgehead atoms. The Hall–Kier alpha value is -1.30. The second kappa shape index (κ2) is 2.53. The minimum atomic E-state index is -0.192. The van der Waals surface area contributed by atoms with Crippen LogP contribution < -0.4 is 0 Å². The number of hydrogen-bond acceptors (Lipinski definition) is 3. The summed E-state index contributed by atoms with van der Waals surface area (Å²) in [7, 11) is 0. The molecule has 1 atom stereocenters. The number of aryl methyl sites for hydroxylation is 1. The highest BCUT2D eigenvalue weighted by molar-refractivity contribution is 5.19. The molecule has 0 aromatic carbocycles. The minimum absolute atomic E-state index is 0.192. The van der Waals surface area contributed by atoms with Gasteiger partial charge in [0.15, 0.2) is 5.76 Å². The third kappa shape index (κ3) is 1.01. The highest BCUT2D eigenvalue weighted by atomic mass is 16.5. The van der Waals surface area contributed by atoms with E-state index in [0.717, 1.165) is 5.56 Å². The highest BCUT2D eigenvalue weighted by Gasteiger charge is 2.10. The smallest absolute Gasteiger partial charge is 0.156 e. The molecule has 1 unspecified atom stereocenters. The maximum atomic E-state index is 8.49. The number of rotatable bonds is 1. The third-order valence-electron chi connectivity index (χ3n) is 1.37. The summed E-state index contributed by atoms with van der Waals surface area (Å²) in [5, 5.41) is 12.1. The van der Waals surface area contributed by atoms with Crippen molar-refractivity contribution in [3.8, 4) is 6.07 Å². The summed E-state index contributed by atoms with van der Waals surface area (Å²) in [5.41, 5.74) is 0.939. The van der Waals surface area contributed by atoms with E-state index in [1.807, 2.05) is 6.92 Å². The van der Waals surface area contributed by atoms with Crippen molar-refractivity contribution in [2.75, 3.05) is 0 Å². The molecule has 0 aliphatic heterocycles. The second-order valence-electron chi connectivity index (χ2n) is 2.22. The Kier molecular flexibility index (Phi) is 1.72. The van der Waals surface area contributed by atoms with Gasteiger partial charge in [0.2, 0.25) is 0 Å². The SMILES string of the molecule is Cc1cnoc1C(C)C#N. The predicted molar refractivity (Wildman–Crippen MR) is 35.3 cm³/mol. The standard InChI is InChI=1S/C7H8N2O/c1-5(3-8)7-6(2)4-9-10-7/h4-5H,1-2H3. The van der Waals surface area contributed by atoms with Crippen LogP contribution in [0.1, 0.15) is 24.2 Å². The van der Waals surface area contributed by atoms with Gasteiger partial charge in [-0.25, -0.2) is 0 Å². The van der Waals surface area contributed by atoms with Crippen molar-refractivity contribution >= 4 is 0 Å². The van der Waals surface area contributed by atoms with Crippen LogP contribution in [0.2, 0.25) is 0 Å². The van der Waals surface area contributed by atoms with E-state index >= 15 is 0 Å². The minimum Gasteiger partial charge on any atom is -0.360 e. The zero-order valence-corrected chi connectivity index (χ0v) is 5.96. The summed E-state index contributed by atoms with van der Waals surface area (Å²) < 4.78 is 4.84. The second-order valence-corrected chi connectivity index (χ2v) is 2.22. The van der Waals surface area contributed by atoms with Crippen molar-refractivity contribution in [3.05, 3.63) is 17.5 Å². The fourth-order valence-corrected chi connectivity index (χ4v) is 0.777. The summed E-state index contributed by atoms with van der Waals surface area (Å²) >= 11 is 0. The lowest BCUT2D eigenvalue weighted by Crippen LogP contribution is -1.87. The molecule has 0 saturated carbocycles. The van der Waals surface area contributed by atoms with Crippen molar-refractivity contribution < 1.29 is 4.52 Å². The normalized spacial score (nSPS) is 12.5. The van der Waals surface area contributed by atoms with Crippen LogP contribution in [-0.4, -0.2) is 5.16 Å². The molecule has 0 N–H and O–H groups in total. The van der Waals surface area contributed by atoms with E-state index in [4.69, 9.17) is 9.78 Å². The fraction of sp³-hybridized carbons (Fsp3) is 0.429. The molecule has 1 aromatic rings. The van der Waals surface area contributed by atoms with Gasteiger partial charge in [0.05, 0.1) is 12.3 Å². The van der Waals surface area contributed by atoms with Crippen LogP contribution in [-0.2, 0) is 0 Å². The molecule has 0 spiro atoms. The van der Waals surface area contributed by atoms with Gasteiger partial charge in [-0.05, 0) is 13.8 Å². The van der Waals surface area contributed by atoms with Crippen LogP contribution in [0.25, 0.3) is 0 Å². The lowest BCUT2D eigenvalue weighted by molar-refractivity contribution is 0.378. The van der Waals surface area contributed by atoms with Crippen molar-refractivity contribution in [2.45, 2.75) is 19.8 Å². The summed E-state index contributed by atoms with van der Waals surface area (Å²) in [6, 6.07) is 2.07. The molecular weight excluding hydrogens is 128 g/mol. The summed E-state index contributed by atoms with van der Waals surface area (Å²) in [6.45, 7) is 3.66. The first kappa shape index (κ1) is 6.81. The van der Waals surface area contributed by atoms with Gasteiger partial charge in [0, 0.05) is 5.56 Å². The van der Waals surface area contributed by atoms with Gasteiger partial charge in [-0.1, -0.05) is 5.16 Å². The van der Waals surface area contributed by atoms with E-state index in [1.165, 1.54) is 0 Å². The third-order valence-corrected chi connectivity index (χ3v) is 1.37. The fourth-order valence-electron chi connectivity index (χ4n) is 0.777. The summed E-state index contributed by atoms with van der Waals surface area (Å²) in [5.74, 6) is 0.477. The number of nitriles is 1. The Morgan fingerprint density at radius 3 is 2.90 bits per heavy atom. The van der Waals surface area contributed by atoms with E-state index in [-0.39, 0.29) is 5.92 Å². The quantitative estimate of drug-likeness (QED) is 0.589. The summed E-state index contributed by atoms with van der Waals surface area (Å²) in [6.07, 6.45) is 1.61. The van der Waals surface area contributed by atoms with Gasteiger partial charge >= 0.3 is 0 Å². The molecule has 0 amide bonds. The lowest BCUT2D eigenvalue weighted by Gasteiger charge is -1.94. The largest absolute Gasteiger partial charge is 0.360 e. The van der Waals surface area contributed by atoms with Gasteiger partial charge in [0.25, 0.3) is 0 Å². The first-order valence-electron chi connectivity index (χ1n) is 3.06. The van der Waals surface area contributed by atoms with Gasteiger partial charge in [-0.2, -0.15) is 5.26 Å². The zero-order valence-electron chi connectivity index (χ0n) is 5.96. The Morgan fingerprint density at radius 1 is 1.80 bits per heavy atom. The molecule has 10 heavy (non-hydrogen) atoms. The van der Waals surface area contributed by atoms with E-state index in [0.29, 0.717) is 5.76 Å². The molecule has 0 saturated heterocycles. The first-order valence-corrected chi connectivity index (χ1v) is 3.06. The molecule has 1 heterocycles. The first-order chi connectivity index (χ1) is 4.75. The van der Waals surface area contributed by atoms with E-state index in [2.05, 4.69) is 11.2 Å². The zero-order chi connectivity index (χ0) is 7.56. The van der Waals surface area contributed by atoms with Crippen molar-refractivity contribution in [2.24, 2.45) is 0 Å². The number of aromatic nitrogens is 1. The molecule has 0 radical (unpaired) electrons. The van der Waals surface area contributed by atoms with Gasteiger partial charge < -0.3 is 4.52 Å². The average Bonchev–Trinajstić information content (AvgIpc) is 2.34. The number of nitrogens with zero attached hydrogens (tertiary/aromatic N) is 2. The van der Waals surface area contributed by atoms with Gasteiger partial charge in [0.1, 0.15) is 5.92 Å². The highest BCUT2D eigenvalue weighted by Crippen LogP contribution is 2.16. The van der Waals surface area contributed by atoms with Gasteiger partial charge in [-0.15, -0.1) is 0 Å². The molecule has 0 aliphatic rings. The van der Waals surface area contributed by atoms with E-state index in [1.54, 1.807) is 13.1 Å². The Balaban J connectivity index is 2.96. The molecule has 0 aliphatic carbocycles. The molecular formula is C7H8N2O. The maximum Gasteiger partial charge on any atom is 0.156 e. The van der Waals surface area contributed by atoms with E-state index < -0.39 is 0 Å². The number of hydrogen-bond donors (Lipinski definition) is 0. The van der Waals surface area contributed by atoms with Crippen molar-refractivity contribution in [3.63, 3.8) is 0 Å². The maximum absolute atomic E-state index is 8.49. The van der Waals surface area contributed by atoms with Crippen LogP contribution in [0, 0.1) is 18.3 Å². The Morgan fingerprint density at radius 2 is 2.50 bits per heavy atom. The summed E-state index contributed by atoms with van der Waals surface area (Å²) in [4.78, 5) is 0. The molecule has 0 fully saturated rings. The molecule has 1 aromatic heterocycles. The molecule has 3 nitrogen and oxygen atoms in total. The van der Waals surface area contributed by atoms with Crippen molar-refractivity contribution in [1.82, 2.24) is 5.16 Å². The van der Waals surface area contributed by atoms with Crippen LogP contribution in [0.15, 0.2) is 10.7 Å². The molecule has 1 rings (SSSR count). The van der Waals surface area contributed by atoms with Crippen LogP contribution in [0.3, 0.4) is 0 Å². The Bertz CT molecular complexity index is 259. The van der Waals surface area contributed by atoms with Crippen LogP contribution in [0.4, 0.5) is 0 Å².